The number of hydrogen-bond donors (Lipinski definition) is 6. The quantitative estimate of drug-likeness (QED) is 0.134. The molecule has 0 bridgehead atoms. The first-order chi connectivity index (χ1) is 20.7. The number of amides is 2. The summed E-state index contributed by atoms with van der Waals surface area (Å²) in [7, 11) is 0. The number of allylic oxidation sites excluding steroid dienone is 1. The SMILES string of the molecule is CC(C)C(=N)n1cc(OC2CCC(NC(=O)NC(C=C(N)C(C)(C)C)=Nc3ccc(O)c(Cl)c3)c3ccccc32)ccc1=N. The third-order valence-electron chi connectivity index (χ3n) is 7.33. The molecule has 1 aliphatic rings. The van der Waals surface area contributed by atoms with Crippen molar-refractivity contribution in [2.24, 2.45) is 22.1 Å². The molecule has 0 fully saturated rings. The Hall–Kier alpha value is -4.57. The van der Waals surface area contributed by atoms with Crippen LogP contribution >= 0.6 is 11.6 Å². The molecule has 10 nitrogen and oxygen atoms in total. The van der Waals surface area contributed by atoms with Gasteiger partial charge in [0.05, 0.1) is 22.9 Å². The monoisotopic (exact) mass is 617 g/mol. The number of halogens is 1. The van der Waals surface area contributed by atoms with Gasteiger partial charge in [0.2, 0.25) is 0 Å². The Balaban J connectivity index is 1.55. The van der Waals surface area contributed by atoms with Crippen LogP contribution in [0.15, 0.2) is 77.6 Å². The van der Waals surface area contributed by atoms with Crippen molar-refractivity contribution in [3.63, 3.8) is 0 Å². The van der Waals surface area contributed by atoms with Gasteiger partial charge in [-0.15, -0.1) is 0 Å². The molecule has 3 aromatic rings. The molecular weight excluding hydrogens is 578 g/mol. The first-order valence-electron chi connectivity index (χ1n) is 14.5. The number of ether oxygens (including phenoxy) is 1. The highest BCUT2D eigenvalue weighted by molar-refractivity contribution is 6.32. The van der Waals surface area contributed by atoms with Crippen molar-refractivity contribution in [1.29, 1.82) is 10.8 Å². The van der Waals surface area contributed by atoms with Crippen molar-refractivity contribution < 1.29 is 14.6 Å². The van der Waals surface area contributed by atoms with Crippen molar-refractivity contribution in [1.82, 2.24) is 15.2 Å². The van der Waals surface area contributed by atoms with Crippen LogP contribution in [0.5, 0.6) is 11.5 Å². The van der Waals surface area contributed by atoms with E-state index in [1.165, 1.54) is 16.7 Å². The van der Waals surface area contributed by atoms with Gasteiger partial charge in [0.25, 0.3) is 0 Å². The van der Waals surface area contributed by atoms with Gasteiger partial charge >= 0.3 is 6.03 Å². The van der Waals surface area contributed by atoms with E-state index in [2.05, 4.69) is 15.6 Å². The van der Waals surface area contributed by atoms with Crippen LogP contribution < -0.4 is 26.6 Å². The number of aliphatic imine (C=N–C) groups is 1. The van der Waals surface area contributed by atoms with Gasteiger partial charge in [0.1, 0.15) is 34.8 Å². The average Bonchev–Trinajstić information content (AvgIpc) is 2.96. The van der Waals surface area contributed by atoms with Gasteiger partial charge in [0.15, 0.2) is 0 Å². The zero-order chi connectivity index (χ0) is 32.2. The van der Waals surface area contributed by atoms with Crippen molar-refractivity contribution in [2.75, 3.05) is 0 Å². The van der Waals surface area contributed by atoms with Crippen LogP contribution in [0.4, 0.5) is 10.5 Å². The zero-order valence-electron chi connectivity index (χ0n) is 25.6. The van der Waals surface area contributed by atoms with Crippen LogP contribution in [-0.2, 0) is 0 Å². The standard InChI is InChI=1S/C33H40ClN7O3/c1-19(2)31(37)41-18-21(11-15-29(41)36)44-27-14-12-25(22-8-6-7-9-23(22)27)39-32(43)40-30(17-28(35)33(3,4)5)38-20-10-13-26(42)24(34)16-20/h6-11,13,15-19,25,27,36-37,42H,12,14,35H2,1-5H3,(H2,38,39,40,43). The van der Waals surface area contributed by atoms with E-state index in [9.17, 15) is 9.90 Å². The molecule has 2 aromatic carbocycles. The molecule has 1 aromatic heterocycles. The number of nitrogens with two attached hydrogens (primary N) is 1. The van der Waals surface area contributed by atoms with Gasteiger partial charge in [-0.3, -0.25) is 20.7 Å². The molecule has 44 heavy (non-hydrogen) atoms. The molecule has 1 heterocycles. The summed E-state index contributed by atoms with van der Waals surface area (Å²) in [5.74, 6) is 0.991. The molecule has 2 atom stereocenters. The number of phenolic OH excluding ortho intramolecular Hbond substituents is 1. The maximum absolute atomic E-state index is 13.3. The fraction of sp³-hybridized carbons (Fsp3) is 0.333. The number of fused-ring (bicyclic) bond motifs is 1. The number of amidine groups is 1. The smallest absolute Gasteiger partial charge is 0.320 e. The highest BCUT2D eigenvalue weighted by Crippen LogP contribution is 2.38. The highest BCUT2D eigenvalue weighted by Gasteiger charge is 2.30. The van der Waals surface area contributed by atoms with Gasteiger partial charge in [-0.05, 0) is 54.3 Å². The predicted octanol–water partition coefficient (Wildman–Crippen LogP) is 6.68. The number of carbonyl (C=O) groups is 1. The second-order valence-electron chi connectivity index (χ2n) is 12.1. The number of nitrogens with zero attached hydrogens (tertiary/aromatic N) is 2. The van der Waals surface area contributed by atoms with Crippen LogP contribution in [0.1, 0.15) is 70.7 Å². The fourth-order valence-corrected chi connectivity index (χ4v) is 4.87. The molecule has 11 heteroatoms. The molecule has 0 spiro atoms. The van der Waals surface area contributed by atoms with Crippen molar-refractivity contribution in [2.45, 2.75) is 59.6 Å². The van der Waals surface area contributed by atoms with Crippen LogP contribution in [-0.4, -0.2) is 27.4 Å². The van der Waals surface area contributed by atoms with Gasteiger partial charge < -0.3 is 20.9 Å². The zero-order valence-corrected chi connectivity index (χ0v) is 26.4. The number of pyridine rings is 1. The first-order valence-corrected chi connectivity index (χ1v) is 14.8. The lowest BCUT2D eigenvalue weighted by Gasteiger charge is -2.32. The second kappa shape index (κ2) is 13.4. The number of urea groups is 1. The molecule has 0 saturated carbocycles. The summed E-state index contributed by atoms with van der Waals surface area (Å²) in [6, 6.07) is 15.0. The Kier molecular flexibility index (Phi) is 9.84. The minimum atomic E-state index is -0.454. The van der Waals surface area contributed by atoms with Crippen LogP contribution in [0.25, 0.3) is 0 Å². The summed E-state index contributed by atoms with van der Waals surface area (Å²) in [6.07, 6.45) is 4.29. The third kappa shape index (κ3) is 7.87. The van der Waals surface area contributed by atoms with Crippen LogP contribution in [0, 0.1) is 22.2 Å². The van der Waals surface area contributed by atoms with Crippen LogP contribution in [0.3, 0.4) is 0 Å². The maximum atomic E-state index is 13.3. The number of nitrogens with one attached hydrogen (secondary N) is 4. The molecule has 0 aliphatic heterocycles. The molecule has 0 radical (unpaired) electrons. The van der Waals surface area contributed by atoms with E-state index in [-0.39, 0.29) is 45.6 Å². The minimum absolute atomic E-state index is 0.0439. The van der Waals surface area contributed by atoms with Gasteiger partial charge in [-0.2, -0.15) is 0 Å². The Bertz CT molecular complexity index is 1670. The van der Waals surface area contributed by atoms with E-state index < -0.39 is 6.03 Å². The summed E-state index contributed by atoms with van der Waals surface area (Å²) in [5, 5.41) is 32.4. The first kappa shape index (κ1) is 32.3. The highest BCUT2D eigenvalue weighted by atomic mass is 35.5. The van der Waals surface area contributed by atoms with E-state index in [0.29, 0.717) is 35.8 Å². The number of hydrogen-bond acceptors (Lipinski definition) is 7. The van der Waals surface area contributed by atoms with E-state index in [1.54, 1.807) is 30.5 Å². The van der Waals surface area contributed by atoms with E-state index in [1.807, 2.05) is 58.9 Å². The third-order valence-corrected chi connectivity index (χ3v) is 7.63. The number of carbonyl (C=O) groups excluding carboxylic acids is 1. The van der Waals surface area contributed by atoms with E-state index in [0.717, 1.165) is 11.1 Å². The normalized spacial score (nSPS) is 17.2. The Morgan fingerprint density at radius 1 is 1.16 bits per heavy atom. The Morgan fingerprint density at radius 3 is 2.52 bits per heavy atom. The molecule has 7 N–H and O–H groups in total. The summed E-state index contributed by atoms with van der Waals surface area (Å²) in [6.45, 7) is 9.70. The van der Waals surface area contributed by atoms with Crippen molar-refractivity contribution >= 4 is 35.0 Å². The molecular formula is C33H40ClN7O3. The van der Waals surface area contributed by atoms with E-state index in [4.69, 9.17) is 32.9 Å². The van der Waals surface area contributed by atoms with Gasteiger partial charge in [-0.1, -0.05) is 70.5 Å². The van der Waals surface area contributed by atoms with Crippen molar-refractivity contribution in [3.8, 4) is 11.5 Å². The fourth-order valence-electron chi connectivity index (χ4n) is 4.69. The summed E-state index contributed by atoms with van der Waals surface area (Å²) < 4.78 is 7.91. The predicted molar refractivity (Wildman–Crippen MR) is 174 cm³/mol. The van der Waals surface area contributed by atoms with Crippen molar-refractivity contribution in [3.05, 3.63) is 94.2 Å². The topological polar surface area (TPSA) is 162 Å². The second-order valence-corrected chi connectivity index (χ2v) is 12.5. The molecule has 232 valence electrons. The molecule has 2 amide bonds. The van der Waals surface area contributed by atoms with Gasteiger partial charge in [0, 0.05) is 23.1 Å². The Morgan fingerprint density at radius 2 is 1.86 bits per heavy atom. The molecule has 1 aliphatic carbocycles. The molecule has 4 rings (SSSR count). The van der Waals surface area contributed by atoms with Gasteiger partial charge in [-0.25, -0.2) is 9.79 Å². The Labute approximate surface area is 262 Å². The lowest BCUT2D eigenvalue weighted by atomic mass is 9.85. The van der Waals surface area contributed by atoms with Crippen LogP contribution in [0.2, 0.25) is 5.02 Å². The average molecular weight is 618 g/mol. The maximum Gasteiger partial charge on any atom is 0.320 e. The minimum Gasteiger partial charge on any atom is -0.506 e. The van der Waals surface area contributed by atoms with E-state index >= 15 is 0 Å². The summed E-state index contributed by atoms with van der Waals surface area (Å²) >= 11 is 6.07. The number of aromatic hydroxyl groups is 1. The number of aromatic nitrogens is 1. The number of phenols is 1. The molecule has 0 saturated heterocycles. The lowest BCUT2D eigenvalue weighted by molar-refractivity contribution is 0.171. The molecule has 2 unspecified atom stereocenters. The summed E-state index contributed by atoms with van der Waals surface area (Å²) in [5.41, 5.74) is 9.01. The number of rotatable bonds is 6. The lowest BCUT2D eigenvalue weighted by Crippen LogP contribution is -2.42. The summed E-state index contributed by atoms with van der Waals surface area (Å²) in [4.78, 5) is 17.9. The largest absolute Gasteiger partial charge is 0.506 e. The number of benzene rings is 2.